The summed E-state index contributed by atoms with van der Waals surface area (Å²) < 4.78 is 1.85. The van der Waals surface area contributed by atoms with Crippen LogP contribution in [0.15, 0.2) is 40.5 Å². The van der Waals surface area contributed by atoms with Crippen LogP contribution < -0.4 is 5.69 Å². The molecule has 4 rings (SSSR count). The number of fused-ring (bicyclic) bond motifs is 1. The molecule has 3 aromatic rings. The molecule has 1 fully saturated rings. The van der Waals surface area contributed by atoms with E-state index in [1.54, 1.807) is 11.3 Å². The van der Waals surface area contributed by atoms with Crippen molar-refractivity contribution in [3.8, 4) is 10.6 Å². The average molecular weight is 296 g/mol. The number of nitrogens with zero attached hydrogens (tertiary/aromatic N) is 2. The minimum absolute atomic E-state index is 0.123. The number of aromatic nitrogens is 2. The summed E-state index contributed by atoms with van der Waals surface area (Å²) in [6.45, 7) is 2.88. The summed E-state index contributed by atoms with van der Waals surface area (Å²) in [5.74, 6) is 0.654. The van der Waals surface area contributed by atoms with E-state index in [-0.39, 0.29) is 5.69 Å². The minimum Gasteiger partial charge on any atom is -0.292 e. The van der Waals surface area contributed by atoms with Crippen molar-refractivity contribution in [2.75, 3.05) is 0 Å². The third kappa shape index (κ3) is 2.29. The van der Waals surface area contributed by atoms with Crippen LogP contribution in [0.5, 0.6) is 0 Å². The van der Waals surface area contributed by atoms with Crippen molar-refractivity contribution < 1.29 is 0 Å². The molecule has 0 aliphatic heterocycles. The van der Waals surface area contributed by atoms with Gasteiger partial charge in [-0.1, -0.05) is 17.7 Å². The first kappa shape index (κ1) is 12.8. The van der Waals surface area contributed by atoms with Crippen molar-refractivity contribution in [2.45, 2.75) is 26.3 Å². The lowest BCUT2D eigenvalue weighted by Crippen LogP contribution is -2.24. The van der Waals surface area contributed by atoms with Crippen molar-refractivity contribution >= 4 is 22.2 Å². The smallest absolute Gasteiger partial charge is 0.292 e. The van der Waals surface area contributed by atoms with Gasteiger partial charge in [0.05, 0.1) is 16.1 Å². The van der Waals surface area contributed by atoms with Gasteiger partial charge in [0, 0.05) is 11.9 Å². The molecule has 4 heteroatoms. The predicted octanol–water partition coefficient (Wildman–Crippen LogP) is 3.84. The Morgan fingerprint density at radius 2 is 2.19 bits per heavy atom. The van der Waals surface area contributed by atoms with Gasteiger partial charge in [-0.15, -0.1) is 11.3 Å². The van der Waals surface area contributed by atoms with Crippen molar-refractivity contribution in [3.63, 3.8) is 0 Å². The van der Waals surface area contributed by atoms with Gasteiger partial charge in [0.15, 0.2) is 0 Å². The zero-order valence-electron chi connectivity index (χ0n) is 11.9. The number of aryl methyl sites for hydroxylation is 1. The normalized spacial score (nSPS) is 14.7. The maximum absolute atomic E-state index is 12.5. The zero-order valence-corrected chi connectivity index (χ0v) is 12.7. The highest BCUT2D eigenvalue weighted by atomic mass is 32.1. The molecule has 1 aliphatic rings. The summed E-state index contributed by atoms with van der Waals surface area (Å²) >= 11 is 1.63. The van der Waals surface area contributed by atoms with E-state index in [9.17, 15) is 4.79 Å². The molecule has 1 saturated carbocycles. The van der Waals surface area contributed by atoms with E-state index in [1.165, 1.54) is 18.4 Å². The first-order valence-electron chi connectivity index (χ1n) is 7.27. The lowest BCUT2D eigenvalue weighted by Gasteiger charge is -2.12. The molecule has 0 N–H and O–H groups in total. The van der Waals surface area contributed by atoms with Crippen LogP contribution in [0.2, 0.25) is 0 Å². The number of rotatable bonds is 3. The maximum atomic E-state index is 12.5. The highest BCUT2D eigenvalue weighted by Crippen LogP contribution is 2.33. The van der Waals surface area contributed by atoms with E-state index >= 15 is 0 Å². The fraction of sp³-hybridized carbons (Fsp3) is 0.294. The predicted molar refractivity (Wildman–Crippen MR) is 86.8 cm³/mol. The second kappa shape index (κ2) is 4.81. The van der Waals surface area contributed by atoms with Crippen LogP contribution in [-0.2, 0) is 6.54 Å². The first-order chi connectivity index (χ1) is 10.2. The van der Waals surface area contributed by atoms with E-state index in [4.69, 9.17) is 0 Å². The zero-order chi connectivity index (χ0) is 14.4. The minimum atomic E-state index is -0.123. The molecule has 2 aromatic heterocycles. The van der Waals surface area contributed by atoms with Crippen LogP contribution in [0.3, 0.4) is 0 Å². The van der Waals surface area contributed by atoms with E-state index in [0.29, 0.717) is 5.92 Å². The third-order valence-electron chi connectivity index (χ3n) is 4.03. The molecule has 2 heterocycles. The molecule has 1 aromatic carbocycles. The molecule has 21 heavy (non-hydrogen) atoms. The number of thiophene rings is 1. The first-order valence-corrected chi connectivity index (χ1v) is 8.15. The Morgan fingerprint density at radius 3 is 2.90 bits per heavy atom. The summed E-state index contributed by atoms with van der Waals surface area (Å²) in [7, 11) is 0. The van der Waals surface area contributed by atoms with Gasteiger partial charge in [-0.25, -0.2) is 4.79 Å². The molecule has 0 unspecified atom stereocenters. The molecule has 0 amide bonds. The molecule has 0 atom stereocenters. The highest BCUT2D eigenvalue weighted by Gasteiger charge is 2.24. The Labute approximate surface area is 126 Å². The number of benzene rings is 1. The Morgan fingerprint density at radius 1 is 1.33 bits per heavy atom. The van der Waals surface area contributed by atoms with Crippen LogP contribution in [0, 0.1) is 12.8 Å². The summed E-state index contributed by atoms with van der Waals surface area (Å²) in [5, 5.41) is 3.10. The van der Waals surface area contributed by atoms with Crippen LogP contribution in [0.1, 0.15) is 18.4 Å². The Bertz CT molecular complexity index is 860. The van der Waals surface area contributed by atoms with Gasteiger partial charge in [-0.3, -0.25) is 4.57 Å². The molecular formula is C17H16N2OS. The monoisotopic (exact) mass is 296 g/mol. The topological polar surface area (TPSA) is 34.9 Å². The molecule has 3 nitrogen and oxygen atoms in total. The number of hydrogen-bond donors (Lipinski definition) is 0. The van der Waals surface area contributed by atoms with Gasteiger partial charge >= 0.3 is 5.69 Å². The van der Waals surface area contributed by atoms with Gasteiger partial charge in [0.2, 0.25) is 0 Å². The lowest BCUT2D eigenvalue weighted by molar-refractivity contribution is 0.614. The molecule has 1 aliphatic carbocycles. The van der Waals surface area contributed by atoms with Gasteiger partial charge in [0.25, 0.3) is 0 Å². The van der Waals surface area contributed by atoms with E-state index in [2.05, 4.69) is 30.1 Å². The fourth-order valence-corrected chi connectivity index (χ4v) is 3.46. The molecular weight excluding hydrogens is 280 g/mol. The molecule has 0 radical (unpaired) electrons. The largest absolute Gasteiger partial charge is 0.348 e. The van der Waals surface area contributed by atoms with Gasteiger partial charge < -0.3 is 0 Å². The quantitative estimate of drug-likeness (QED) is 0.736. The van der Waals surface area contributed by atoms with Crippen LogP contribution in [0.4, 0.5) is 0 Å². The Hall–Kier alpha value is -1.94. The van der Waals surface area contributed by atoms with E-state index < -0.39 is 0 Å². The van der Waals surface area contributed by atoms with Crippen LogP contribution in [-0.4, -0.2) is 9.55 Å². The van der Waals surface area contributed by atoms with Crippen LogP contribution in [0.25, 0.3) is 21.5 Å². The van der Waals surface area contributed by atoms with E-state index in [1.807, 2.05) is 22.1 Å². The van der Waals surface area contributed by atoms with Gasteiger partial charge in [-0.2, -0.15) is 4.98 Å². The summed E-state index contributed by atoms with van der Waals surface area (Å²) in [6.07, 6.45) is 2.46. The van der Waals surface area contributed by atoms with Crippen molar-refractivity contribution in [1.82, 2.24) is 9.55 Å². The molecule has 0 bridgehead atoms. The van der Waals surface area contributed by atoms with Crippen molar-refractivity contribution in [1.29, 1.82) is 0 Å². The summed E-state index contributed by atoms with van der Waals surface area (Å²) in [5.41, 5.74) is 2.90. The number of hydrogen-bond acceptors (Lipinski definition) is 3. The van der Waals surface area contributed by atoms with E-state index in [0.717, 1.165) is 28.0 Å². The SMILES string of the molecule is Cc1ccc2c(c1)c(-c1cccs1)nc(=O)n2CC1CC1. The lowest BCUT2D eigenvalue weighted by atomic mass is 10.1. The second-order valence-electron chi connectivity index (χ2n) is 5.79. The van der Waals surface area contributed by atoms with Crippen LogP contribution >= 0.6 is 11.3 Å². The Balaban J connectivity index is 2.02. The molecule has 0 saturated heterocycles. The fourth-order valence-electron chi connectivity index (χ4n) is 2.73. The molecule has 106 valence electrons. The van der Waals surface area contributed by atoms with Gasteiger partial charge in [-0.05, 0) is 49.3 Å². The summed E-state index contributed by atoms with van der Waals surface area (Å²) in [6, 6.07) is 10.3. The Kier molecular flexibility index (Phi) is 2.93. The maximum Gasteiger partial charge on any atom is 0.348 e. The average Bonchev–Trinajstić information content (AvgIpc) is 3.12. The summed E-state index contributed by atoms with van der Waals surface area (Å²) in [4.78, 5) is 17.9. The molecule has 0 spiro atoms. The second-order valence-corrected chi connectivity index (χ2v) is 6.74. The standard InChI is InChI=1S/C17H16N2OS/c1-11-4-7-14-13(9-11)16(15-3-2-8-21-15)18-17(20)19(14)10-12-5-6-12/h2-4,7-9,12H,5-6,10H2,1H3. The van der Waals surface area contributed by atoms with Crippen molar-refractivity contribution in [2.24, 2.45) is 5.92 Å². The third-order valence-corrected chi connectivity index (χ3v) is 4.91. The van der Waals surface area contributed by atoms with Gasteiger partial charge in [0.1, 0.15) is 0 Å². The van der Waals surface area contributed by atoms with Crippen molar-refractivity contribution in [3.05, 3.63) is 51.8 Å². The highest BCUT2D eigenvalue weighted by molar-refractivity contribution is 7.13.